The van der Waals surface area contributed by atoms with E-state index >= 15 is 0 Å². The van der Waals surface area contributed by atoms with Crippen LogP contribution in [0.3, 0.4) is 0 Å². The number of hydrogen-bond acceptors (Lipinski definition) is 12. The molecule has 0 bridgehead atoms. The van der Waals surface area contributed by atoms with E-state index < -0.39 is 15.0 Å². The van der Waals surface area contributed by atoms with Crippen molar-refractivity contribution in [1.29, 1.82) is 0 Å². The molecule has 0 spiro atoms. The Morgan fingerprint density at radius 1 is 0.837 bits per heavy atom. The molecule has 4 N–H and O–H groups in total. The minimum absolute atomic E-state index is 0.0559. The molecule has 0 radical (unpaired) electrons. The molecule has 0 fully saturated rings. The summed E-state index contributed by atoms with van der Waals surface area (Å²) >= 11 is 0. The van der Waals surface area contributed by atoms with Gasteiger partial charge in [-0.15, -0.1) is 15.3 Å². The normalized spacial score (nSPS) is 12.0. The van der Waals surface area contributed by atoms with Gasteiger partial charge < -0.3 is 15.7 Å². The predicted octanol–water partition coefficient (Wildman–Crippen LogP) is 7.08. The topological polar surface area (TPSA) is 192 Å². The summed E-state index contributed by atoms with van der Waals surface area (Å²) in [6.07, 6.45) is 1.35. The third-order valence-corrected chi connectivity index (χ3v) is 7.59. The second kappa shape index (κ2) is 11.5. The highest BCUT2D eigenvalue weighted by atomic mass is 32.2. The van der Waals surface area contributed by atoms with Crippen LogP contribution in [0.4, 0.5) is 40.1 Å². The summed E-state index contributed by atoms with van der Waals surface area (Å²) in [5, 5.41) is 29.1. The van der Waals surface area contributed by atoms with Crippen LogP contribution in [0, 0.1) is 20.8 Å². The molecule has 0 aliphatic rings. The van der Waals surface area contributed by atoms with Gasteiger partial charge in [0.2, 0.25) is 5.95 Å². The Labute approximate surface area is 247 Å². The van der Waals surface area contributed by atoms with E-state index in [0.717, 1.165) is 5.56 Å². The summed E-state index contributed by atoms with van der Waals surface area (Å²) in [5.41, 5.74) is 9.45. The molecule has 0 aliphatic heterocycles. The standard InChI is InChI=1S/C29H27N9O4S/c1-16-7-5-6-8-21(16)34-35-22-11-9-19-13-17(2)27(28(39)25(19)26(22)30)37-36-23-14-20(10-12-24(23)43(40,41)42)38(4)29-32-15-31-18(3)33-29/h5-15,39H,30H2,1-4H3,(H,40,41,42). The number of nitrogens with zero attached hydrogens (tertiary/aromatic N) is 8. The Hall–Kier alpha value is -5.34. The summed E-state index contributed by atoms with van der Waals surface area (Å²) in [4.78, 5) is 13.5. The van der Waals surface area contributed by atoms with Crippen molar-refractivity contribution in [1.82, 2.24) is 15.0 Å². The molecule has 1 heterocycles. The van der Waals surface area contributed by atoms with Crippen LogP contribution in [0.15, 0.2) is 92.3 Å². The molecule has 0 aliphatic carbocycles. The third-order valence-electron chi connectivity index (χ3n) is 6.69. The van der Waals surface area contributed by atoms with Gasteiger partial charge in [-0.05, 0) is 73.7 Å². The first-order chi connectivity index (χ1) is 20.4. The third kappa shape index (κ3) is 6.00. The molecule has 0 atom stereocenters. The first-order valence-corrected chi connectivity index (χ1v) is 14.3. The Morgan fingerprint density at radius 2 is 1.56 bits per heavy atom. The number of phenolic OH excluding ortho intramolecular Hbond substituents is 1. The number of fused-ring (bicyclic) bond motifs is 1. The number of azo groups is 2. The van der Waals surface area contributed by atoms with Gasteiger partial charge in [0.25, 0.3) is 10.1 Å². The zero-order chi connectivity index (χ0) is 30.9. The van der Waals surface area contributed by atoms with E-state index in [1.165, 1.54) is 24.5 Å². The predicted molar refractivity (Wildman–Crippen MR) is 163 cm³/mol. The minimum atomic E-state index is -4.67. The Bertz CT molecular complexity index is 2050. The molecular weight excluding hydrogens is 570 g/mol. The molecule has 0 amide bonds. The number of hydrogen-bond donors (Lipinski definition) is 3. The number of aryl methyl sites for hydroxylation is 3. The van der Waals surface area contributed by atoms with Gasteiger partial charge in [-0.25, -0.2) is 9.97 Å². The average Bonchev–Trinajstić information content (AvgIpc) is 2.96. The molecular formula is C29H27N9O4S. The lowest BCUT2D eigenvalue weighted by molar-refractivity contribution is 0.482. The highest BCUT2D eigenvalue weighted by Gasteiger charge is 2.20. The van der Waals surface area contributed by atoms with Crippen molar-refractivity contribution in [3.8, 4) is 5.75 Å². The summed E-state index contributed by atoms with van der Waals surface area (Å²) in [7, 11) is -3.00. The van der Waals surface area contributed by atoms with Crippen molar-refractivity contribution in [2.24, 2.45) is 20.5 Å². The molecule has 218 valence electrons. The number of nitrogens with two attached hydrogens (primary N) is 1. The van der Waals surface area contributed by atoms with Gasteiger partial charge in [0.15, 0.2) is 5.75 Å². The summed E-state index contributed by atoms with van der Waals surface area (Å²) in [6, 6.07) is 16.8. The second-order valence-corrected chi connectivity index (χ2v) is 11.1. The summed E-state index contributed by atoms with van der Waals surface area (Å²) < 4.78 is 34.2. The molecule has 43 heavy (non-hydrogen) atoms. The lowest BCUT2D eigenvalue weighted by Crippen LogP contribution is -2.14. The fourth-order valence-electron chi connectivity index (χ4n) is 4.37. The molecule has 0 saturated carbocycles. The van der Waals surface area contributed by atoms with Crippen molar-refractivity contribution in [3.63, 3.8) is 0 Å². The van der Waals surface area contributed by atoms with Crippen molar-refractivity contribution < 1.29 is 18.1 Å². The van der Waals surface area contributed by atoms with E-state index in [2.05, 4.69) is 35.4 Å². The molecule has 0 unspecified atom stereocenters. The van der Waals surface area contributed by atoms with E-state index in [4.69, 9.17) is 5.73 Å². The van der Waals surface area contributed by atoms with Gasteiger partial charge in [-0.1, -0.05) is 24.3 Å². The van der Waals surface area contributed by atoms with Crippen LogP contribution in [0.2, 0.25) is 0 Å². The minimum Gasteiger partial charge on any atom is -0.505 e. The monoisotopic (exact) mass is 597 g/mol. The Balaban J connectivity index is 1.58. The van der Waals surface area contributed by atoms with Crippen molar-refractivity contribution in [2.45, 2.75) is 25.7 Å². The molecule has 5 aromatic rings. The van der Waals surface area contributed by atoms with E-state index in [9.17, 15) is 18.1 Å². The Kier molecular flexibility index (Phi) is 7.80. The van der Waals surface area contributed by atoms with Gasteiger partial charge in [-0.2, -0.15) is 18.5 Å². The second-order valence-electron chi connectivity index (χ2n) is 9.69. The maximum Gasteiger partial charge on any atom is 0.296 e. The number of anilines is 3. The van der Waals surface area contributed by atoms with Gasteiger partial charge in [0.1, 0.15) is 34.1 Å². The zero-order valence-electron chi connectivity index (χ0n) is 23.6. The molecule has 14 heteroatoms. The largest absolute Gasteiger partial charge is 0.505 e. The quantitative estimate of drug-likeness (QED) is 0.0998. The lowest BCUT2D eigenvalue weighted by atomic mass is 10.0. The number of aromatic hydroxyl groups is 1. The van der Waals surface area contributed by atoms with Gasteiger partial charge >= 0.3 is 0 Å². The first-order valence-electron chi connectivity index (χ1n) is 12.9. The van der Waals surface area contributed by atoms with Crippen LogP contribution in [0.25, 0.3) is 10.8 Å². The van der Waals surface area contributed by atoms with E-state index in [-0.39, 0.29) is 28.2 Å². The maximum absolute atomic E-state index is 12.2. The number of phenols is 1. The van der Waals surface area contributed by atoms with Crippen molar-refractivity contribution in [2.75, 3.05) is 17.7 Å². The highest BCUT2D eigenvalue weighted by molar-refractivity contribution is 7.86. The van der Waals surface area contributed by atoms with Crippen LogP contribution in [-0.2, 0) is 10.1 Å². The van der Waals surface area contributed by atoms with Crippen LogP contribution < -0.4 is 10.6 Å². The van der Waals surface area contributed by atoms with E-state index in [0.29, 0.717) is 39.8 Å². The van der Waals surface area contributed by atoms with Crippen molar-refractivity contribution in [3.05, 3.63) is 83.9 Å². The SMILES string of the molecule is Cc1ncnc(N(C)c2ccc(S(=O)(=O)O)c(N=Nc3c(C)cc4ccc(N=Nc5ccccc5C)c(N)c4c3O)c2)n1. The van der Waals surface area contributed by atoms with Crippen LogP contribution in [0.1, 0.15) is 17.0 Å². The van der Waals surface area contributed by atoms with Crippen LogP contribution >= 0.6 is 0 Å². The van der Waals surface area contributed by atoms with Gasteiger partial charge in [0, 0.05) is 12.7 Å². The number of rotatable bonds is 7. The summed E-state index contributed by atoms with van der Waals surface area (Å²) in [5.74, 6) is 0.531. The number of benzene rings is 4. The van der Waals surface area contributed by atoms with Gasteiger partial charge in [0.05, 0.1) is 16.8 Å². The molecule has 4 aromatic carbocycles. The molecule has 5 rings (SSSR count). The zero-order valence-corrected chi connectivity index (χ0v) is 24.4. The molecule has 0 saturated heterocycles. The molecule has 1 aromatic heterocycles. The fraction of sp³-hybridized carbons (Fsp3) is 0.138. The van der Waals surface area contributed by atoms with E-state index in [1.807, 2.05) is 31.2 Å². The molecule has 13 nitrogen and oxygen atoms in total. The average molecular weight is 598 g/mol. The van der Waals surface area contributed by atoms with Crippen molar-refractivity contribution >= 4 is 61.0 Å². The highest BCUT2D eigenvalue weighted by Crippen LogP contribution is 2.45. The smallest absolute Gasteiger partial charge is 0.296 e. The lowest BCUT2D eigenvalue weighted by Gasteiger charge is -2.18. The fourth-order valence-corrected chi connectivity index (χ4v) is 4.98. The maximum atomic E-state index is 12.2. The first kappa shape index (κ1) is 29.2. The Morgan fingerprint density at radius 3 is 2.28 bits per heavy atom. The number of nitrogen functional groups attached to an aromatic ring is 1. The van der Waals surface area contributed by atoms with E-state index in [1.54, 1.807) is 44.0 Å². The van der Waals surface area contributed by atoms with Crippen LogP contribution in [0.5, 0.6) is 5.75 Å². The summed E-state index contributed by atoms with van der Waals surface area (Å²) in [6.45, 7) is 5.34. The van der Waals surface area contributed by atoms with Crippen LogP contribution in [-0.4, -0.2) is 40.1 Å². The van der Waals surface area contributed by atoms with Gasteiger partial charge in [-0.3, -0.25) is 4.55 Å². The number of aromatic nitrogens is 3.